The Balaban J connectivity index is 1.20. The van der Waals surface area contributed by atoms with Crippen LogP contribution in [0.5, 0.6) is 5.75 Å². The molecule has 1 aliphatic carbocycles. The number of carbonyl (C=O) groups is 3. The van der Waals surface area contributed by atoms with Gasteiger partial charge in [0.25, 0.3) is 0 Å². The molecule has 1 aromatic carbocycles. The first-order valence-corrected chi connectivity index (χ1v) is 13.4. The van der Waals surface area contributed by atoms with Crippen LogP contribution in [0.15, 0.2) is 30.3 Å². The Bertz CT molecular complexity index is 960. The molecular weight excluding hydrogens is 456 g/mol. The van der Waals surface area contributed by atoms with Crippen LogP contribution in [0.25, 0.3) is 5.57 Å². The van der Waals surface area contributed by atoms with Crippen molar-refractivity contribution in [3.05, 3.63) is 35.9 Å². The molecule has 2 heterocycles. The van der Waals surface area contributed by atoms with Crippen molar-refractivity contribution in [1.82, 2.24) is 9.80 Å². The van der Waals surface area contributed by atoms with Gasteiger partial charge < -0.3 is 19.3 Å². The van der Waals surface area contributed by atoms with Crippen LogP contribution in [0.4, 0.5) is 4.79 Å². The maximum absolute atomic E-state index is 12.8. The van der Waals surface area contributed by atoms with Gasteiger partial charge in [-0.3, -0.25) is 9.59 Å². The van der Waals surface area contributed by atoms with Gasteiger partial charge in [0, 0.05) is 44.9 Å². The summed E-state index contributed by atoms with van der Waals surface area (Å²) in [7, 11) is 0. The molecule has 3 aliphatic rings. The summed E-state index contributed by atoms with van der Waals surface area (Å²) in [6, 6.07) is 8.25. The third-order valence-corrected chi connectivity index (χ3v) is 7.37. The van der Waals surface area contributed by atoms with E-state index in [1.54, 1.807) is 4.90 Å². The van der Waals surface area contributed by atoms with Crippen LogP contribution in [0.1, 0.15) is 71.3 Å². The minimum absolute atomic E-state index is 0.0336. The molecule has 1 aromatic rings. The highest BCUT2D eigenvalue weighted by atomic mass is 16.6. The molecule has 0 N–H and O–H groups in total. The highest BCUT2D eigenvalue weighted by molar-refractivity contribution is 5.85. The van der Waals surface area contributed by atoms with E-state index < -0.39 is 5.60 Å². The lowest BCUT2D eigenvalue weighted by atomic mass is 9.85. The van der Waals surface area contributed by atoms with Gasteiger partial charge in [-0.15, -0.1) is 0 Å². The number of carbonyl (C=O) groups excluding carboxylic acids is 3. The maximum atomic E-state index is 12.8. The summed E-state index contributed by atoms with van der Waals surface area (Å²) in [4.78, 5) is 40.2. The molecule has 0 spiro atoms. The van der Waals surface area contributed by atoms with Gasteiger partial charge in [-0.05, 0) is 82.1 Å². The van der Waals surface area contributed by atoms with E-state index in [4.69, 9.17) is 9.47 Å². The zero-order chi connectivity index (χ0) is 25.7. The van der Waals surface area contributed by atoms with Crippen LogP contribution in [-0.2, 0) is 14.3 Å². The molecule has 36 heavy (non-hydrogen) atoms. The summed E-state index contributed by atoms with van der Waals surface area (Å²) in [6.07, 6.45) is 7.31. The Hall–Kier alpha value is -2.83. The summed E-state index contributed by atoms with van der Waals surface area (Å²) < 4.78 is 11.5. The first-order chi connectivity index (χ1) is 17.2. The number of hydrogen-bond acceptors (Lipinski definition) is 5. The predicted molar refractivity (Wildman–Crippen MR) is 139 cm³/mol. The van der Waals surface area contributed by atoms with Crippen molar-refractivity contribution in [2.75, 3.05) is 32.8 Å². The fourth-order valence-electron chi connectivity index (χ4n) is 5.14. The summed E-state index contributed by atoms with van der Waals surface area (Å²) >= 11 is 0. The van der Waals surface area contributed by atoms with Crippen LogP contribution < -0.4 is 4.74 Å². The van der Waals surface area contributed by atoms with Crippen molar-refractivity contribution in [3.8, 4) is 5.75 Å². The molecule has 2 fully saturated rings. The van der Waals surface area contributed by atoms with E-state index in [2.05, 4.69) is 18.2 Å². The molecule has 4 rings (SSSR count). The summed E-state index contributed by atoms with van der Waals surface area (Å²) in [5.74, 6) is 1.79. The Morgan fingerprint density at radius 2 is 1.58 bits per heavy atom. The molecule has 2 amide bonds. The van der Waals surface area contributed by atoms with E-state index in [0.717, 1.165) is 37.9 Å². The molecular formula is C29H40N2O5. The number of hydrogen-bond donors (Lipinski definition) is 0. The second kappa shape index (κ2) is 11.5. The van der Waals surface area contributed by atoms with Gasteiger partial charge in [-0.25, -0.2) is 4.79 Å². The molecule has 2 aliphatic heterocycles. The van der Waals surface area contributed by atoms with Gasteiger partial charge in [-0.1, -0.05) is 18.2 Å². The van der Waals surface area contributed by atoms with Gasteiger partial charge in [-0.2, -0.15) is 0 Å². The molecule has 1 unspecified atom stereocenters. The Morgan fingerprint density at radius 1 is 0.917 bits per heavy atom. The van der Waals surface area contributed by atoms with Crippen LogP contribution >= 0.6 is 0 Å². The molecule has 2 saturated heterocycles. The number of rotatable bonds is 5. The number of ketones is 1. The number of piperidine rings is 2. The monoisotopic (exact) mass is 496 g/mol. The fraction of sp³-hybridized carbons (Fsp3) is 0.621. The Labute approximate surface area is 214 Å². The predicted octanol–water partition coefficient (Wildman–Crippen LogP) is 5.09. The molecule has 1 atom stereocenters. The molecule has 196 valence electrons. The number of allylic oxidation sites excluding steroid dienone is 2. The third-order valence-electron chi connectivity index (χ3n) is 7.37. The van der Waals surface area contributed by atoms with E-state index in [1.165, 1.54) is 11.1 Å². The number of ether oxygens (including phenoxy) is 2. The largest absolute Gasteiger partial charge is 0.493 e. The summed E-state index contributed by atoms with van der Waals surface area (Å²) in [5, 5.41) is 0. The smallest absolute Gasteiger partial charge is 0.410 e. The molecule has 0 bridgehead atoms. The van der Waals surface area contributed by atoms with E-state index in [-0.39, 0.29) is 23.7 Å². The standard InChI is InChI=1S/C29H40N2O5/c1-29(2,3)36-28(34)31-16-12-21(13-17-31)20-35-26-10-8-23(9-11-26)22-4-6-24(7-5-22)27(33)30-18-14-25(32)15-19-30/h4,8-11,21,24H,5-7,12-20H2,1-3H3. The molecule has 7 nitrogen and oxygen atoms in total. The lowest BCUT2D eigenvalue weighted by Crippen LogP contribution is -2.42. The molecule has 0 radical (unpaired) electrons. The van der Waals surface area contributed by atoms with Crippen LogP contribution in [0.2, 0.25) is 0 Å². The topological polar surface area (TPSA) is 76.2 Å². The van der Waals surface area contributed by atoms with E-state index in [1.807, 2.05) is 37.8 Å². The van der Waals surface area contributed by atoms with E-state index >= 15 is 0 Å². The minimum atomic E-state index is -0.466. The lowest BCUT2D eigenvalue weighted by Gasteiger charge is -2.33. The molecule has 7 heteroatoms. The van der Waals surface area contributed by atoms with Crippen molar-refractivity contribution >= 4 is 23.4 Å². The SMILES string of the molecule is CC(C)(C)OC(=O)N1CCC(COc2ccc(C3=CCC(C(=O)N4CCC(=O)CC4)CC3)cc2)CC1. The fourth-order valence-corrected chi connectivity index (χ4v) is 5.14. The third kappa shape index (κ3) is 7.11. The molecule has 0 saturated carbocycles. The van der Waals surface area contributed by atoms with Crippen LogP contribution in [-0.4, -0.2) is 66.0 Å². The Morgan fingerprint density at radius 3 is 2.17 bits per heavy atom. The van der Waals surface area contributed by atoms with Gasteiger partial charge in [0.1, 0.15) is 17.1 Å². The quantitative estimate of drug-likeness (QED) is 0.568. The van der Waals surface area contributed by atoms with Crippen molar-refractivity contribution in [2.24, 2.45) is 11.8 Å². The summed E-state index contributed by atoms with van der Waals surface area (Å²) in [6.45, 7) is 8.88. The first-order valence-electron chi connectivity index (χ1n) is 13.4. The maximum Gasteiger partial charge on any atom is 0.410 e. The number of benzene rings is 1. The highest BCUT2D eigenvalue weighted by Crippen LogP contribution is 2.32. The van der Waals surface area contributed by atoms with Gasteiger partial charge in [0.2, 0.25) is 5.91 Å². The second-order valence-corrected chi connectivity index (χ2v) is 11.3. The van der Waals surface area contributed by atoms with Crippen molar-refractivity contribution in [1.29, 1.82) is 0 Å². The molecule has 0 aromatic heterocycles. The van der Waals surface area contributed by atoms with E-state index in [9.17, 15) is 14.4 Å². The number of nitrogens with zero attached hydrogens (tertiary/aromatic N) is 2. The van der Waals surface area contributed by atoms with E-state index in [0.29, 0.717) is 51.5 Å². The van der Waals surface area contributed by atoms with Gasteiger partial charge >= 0.3 is 6.09 Å². The van der Waals surface area contributed by atoms with Crippen molar-refractivity contribution < 1.29 is 23.9 Å². The Kier molecular flexibility index (Phi) is 8.37. The van der Waals surface area contributed by atoms with Crippen LogP contribution in [0.3, 0.4) is 0 Å². The van der Waals surface area contributed by atoms with Gasteiger partial charge in [0.05, 0.1) is 6.61 Å². The first kappa shape index (κ1) is 26.2. The van der Waals surface area contributed by atoms with Crippen LogP contribution in [0, 0.1) is 11.8 Å². The minimum Gasteiger partial charge on any atom is -0.493 e. The normalized spacial score (nSPS) is 21.7. The zero-order valence-electron chi connectivity index (χ0n) is 22.0. The zero-order valence-corrected chi connectivity index (χ0v) is 22.0. The number of likely N-dealkylation sites (tertiary alicyclic amines) is 2. The highest BCUT2D eigenvalue weighted by Gasteiger charge is 2.29. The average molecular weight is 497 g/mol. The number of amides is 2. The summed E-state index contributed by atoms with van der Waals surface area (Å²) in [5.41, 5.74) is 2.00. The van der Waals surface area contributed by atoms with Crippen molar-refractivity contribution in [2.45, 2.75) is 71.3 Å². The second-order valence-electron chi connectivity index (χ2n) is 11.3. The van der Waals surface area contributed by atoms with Crippen molar-refractivity contribution in [3.63, 3.8) is 0 Å². The van der Waals surface area contributed by atoms with Gasteiger partial charge in [0.15, 0.2) is 0 Å². The average Bonchev–Trinajstić information content (AvgIpc) is 2.87. The number of Topliss-reactive ketones (excluding diaryl/α,β-unsaturated/α-hetero) is 1. The lowest BCUT2D eigenvalue weighted by molar-refractivity contribution is -0.138.